The highest BCUT2D eigenvalue weighted by Gasteiger charge is 2.38. The first kappa shape index (κ1) is 20.7. The number of nitrogens with one attached hydrogen (secondary N) is 2. The van der Waals surface area contributed by atoms with Crippen molar-refractivity contribution < 1.29 is 23.9 Å². The first-order valence-corrected chi connectivity index (χ1v) is 9.57. The van der Waals surface area contributed by atoms with Gasteiger partial charge in [0, 0.05) is 39.1 Å². The van der Waals surface area contributed by atoms with Crippen LogP contribution < -0.4 is 10.6 Å². The molecule has 3 heterocycles. The molecule has 0 unspecified atom stereocenters. The fraction of sp³-hybridized carbons (Fsp3) is 0.526. The van der Waals surface area contributed by atoms with Crippen LogP contribution in [0.5, 0.6) is 0 Å². The lowest BCUT2D eigenvalue weighted by Crippen LogP contribution is -2.63. The molecular formula is C19H25N5O5. The van der Waals surface area contributed by atoms with Crippen molar-refractivity contribution in [1.82, 2.24) is 25.4 Å². The van der Waals surface area contributed by atoms with E-state index >= 15 is 0 Å². The Kier molecular flexibility index (Phi) is 6.76. The molecule has 0 aromatic carbocycles. The summed E-state index contributed by atoms with van der Waals surface area (Å²) in [5.41, 5.74) is 0.359. The van der Waals surface area contributed by atoms with E-state index in [2.05, 4.69) is 15.6 Å². The predicted octanol–water partition coefficient (Wildman–Crippen LogP) is -1.22. The van der Waals surface area contributed by atoms with Crippen molar-refractivity contribution in [2.24, 2.45) is 0 Å². The third-order valence-corrected chi connectivity index (χ3v) is 5.07. The molecule has 3 rings (SSSR count). The molecule has 2 aliphatic heterocycles. The van der Waals surface area contributed by atoms with Crippen molar-refractivity contribution in [3.05, 3.63) is 30.1 Å². The van der Waals surface area contributed by atoms with Crippen molar-refractivity contribution in [2.45, 2.75) is 24.9 Å². The van der Waals surface area contributed by atoms with Gasteiger partial charge in [0.2, 0.25) is 17.7 Å². The van der Waals surface area contributed by atoms with Gasteiger partial charge in [-0.1, -0.05) is 0 Å². The fourth-order valence-electron chi connectivity index (χ4n) is 3.52. The van der Waals surface area contributed by atoms with Gasteiger partial charge in [-0.05, 0) is 25.0 Å². The van der Waals surface area contributed by atoms with Crippen molar-refractivity contribution in [3.8, 4) is 0 Å². The quantitative estimate of drug-likeness (QED) is 0.636. The molecule has 0 spiro atoms. The van der Waals surface area contributed by atoms with E-state index < -0.39 is 18.0 Å². The lowest BCUT2D eigenvalue weighted by atomic mass is 10.0. The van der Waals surface area contributed by atoms with Crippen LogP contribution in [0.4, 0.5) is 0 Å². The van der Waals surface area contributed by atoms with Gasteiger partial charge in [0.25, 0.3) is 5.91 Å². The maximum absolute atomic E-state index is 13.0. The number of pyridine rings is 1. The van der Waals surface area contributed by atoms with E-state index in [1.165, 1.54) is 23.1 Å². The molecule has 1 aromatic heterocycles. The first-order chi connectivity index (χ1) is 14.0. The number of carbonyl (C=O) groups is 4. The lowest BCUT2D eigenvalue weighted by molar-refractivity contribution is -0.141. The Balaban J connectivity index is 1.78. The van der Waals surface area contributed by atoms with Crippen LogP contribution in [0.3, 0.4) is 0 Å². The second-order valence-corrected chi connectivity index (χ2v) is 7.02. The first-order valence-electron chi connectivity index (χ1n) is 9.57. The van der Waals surface area contributed by atoms with Gasteiger partial charge in [-0.15, -0.1) is 0 Å². The third-order valence-electron chi connectivity index (χ3n) is 5.07. The van der Waals surface area contributed by atoms with Gasteiger partial charge in [0.15, 0.2) is 0 Å². The maximum atomic E-state index is 13.0. The van der Waals surface area contributed by atoms with Gasteiger partial charge in [-0.2, -0.15) is 0 Å². The number of hydrogen-bond acceptors (Lipinski definition) is 6. The Morgan fingerprint density at radius 2 is 2.17 bits per heavy atom. The highest BCUT2D eigenvalue weighted by atomic mass is 16.5. The zero-order valence-corrected chi connectivity index (χ0v) is 16.3. The Morgan fingerprint density at radius 3 is 2.86 bits per heavy atom. The zero-order valence-electron chi connectivity index (χ0n) is 16.3. The number of hydrogen-bond donors (Lipinski definition) is 2. The Hall–Kier alpha value is -3.01. The van der Waals surface area contributed by atoms with Crippen LogP contribution in [-0.4, -0.2) is 90.4 Å². The lowest BCUT2D eigenvalue weighted by Gasteiger charge is -2.41. The Morgan fingerprint density at radius 1 is 1.34 bits per heavy atom. The smallest absolute Gasteiger partial charge is 0.256 e. The van der Waals surface area contributed by atoms with Crippen molar-refractivity contribution in [2.75, 3.05) is 39.9 Å². The van der Waals surface area contributed by atoms with Gasteiger partial charge in [-0.25, -0.2) is 0 Å². The van der Waals surface area contributed by atoms with Gasteiger partial charge in [0.05, 0.1) is 12.1 Å². The molecule has 2 aliphatic rings. The van der Waals surface area contributed by atoms with Crippen molar-refractivity contribution in [3.63, 3.8) is 0 Å². The maximum Gasteiger partial charge on any atom is 0.256 e. The molecule has 156 valence electrons. The molecule has 1 aromatic rings. The van der Waals surface area contributed by atoms with Crippen LogP contribution in [-0.2, 0) is 19.1 Å². The van der Waals surface area contributed by atoms with Gasteiger partial charge in [-0.3, -0.25) is 24.2 Å². The molecule has 2 atom stereocenters. The molecule has 29 heavy (non-hydrogen) atoms. The minimum Gasteiger partial charge on any atom is -0.375 e. The summed E-state index contributed by atoms with van der Waals surface area (Å²) in [5, 5.41) is 5.46. The summed E-state index contributed by atoms with van der Waals surface area (Å²) in [5.74, 6) is -1.29. The molecule has 0 aliphatic carbocycles. The molecule has 10 heteroatoms. The van der Waals surface area contributed by atoms with Crippen LogP contribution in [0.2, 0.25) is 0 Å². The average Bonchev–Trinajstić information content (AvgIpc) is 2.75. The number of ether oxygens (including phenoxy) is 1. The van der Waals surface area contributed by atoms with E-state index in [-0.39, 0.29) is 37.4 Å². The van der Waals surface area contributed by atoms with E-state index in [9.17, 15) is 19.2 Å². The normalized spacial score (nSPS) is 22.0. The summed E-state index contributed by atoms with van der Waals surface area (Å²) < 4.78 is 4.90. The monoisotopic (exact) mass is 403 g/mol. The van der Waals surface area contributed by atoms with Gasteiger partial charge >= 0.3 is 0 Å². The number of nitrogens with zero attached hydrogens (tertiary/aromatic N) is 3. The second kappa shape index (κ2) is 9.46. The zero-order chi connectivity index (χ0) is 20.8. The molecular weight excluding hydrogens is 378 g/mol. The molecule has 0 saturated carbocycles. The minimum atomic E-state index is -0.910. The minimum absolute atomic E-state index is 0.0361. The van der Waals surface area contributed by atoms with E-state index in [0.29, 0.717) is 25.1 Å². The molecule has 0 bridgehead atoms. The third kappa shape index (κ3) is 4.89. The van der Waals surface area contributed by atoms with E-state index in [0.717, 1.165) is 6.42 Å². The van der Waals surface area contributed by atoms with Crippen molar-refractivity contribution in [1.29, 1.82) is 0 Å². The fourth-order valence-corrected chi connectivity index (χ4v) is 3.52. The molecule has 2 fully saturated rings. The summed E-state index contributed by atoms with van der Waals surface area (Å²) in [6, 6.07) is 1.72. The van der Waals surface area contributed by atoms with E-state index in [1.807, 2.05) is 0 Å². The summed E-state index contributed by atoms with van der Waals surface area (Å²) in [4.78, 5) is 57.1. The average molecular weight is 403 g/mol. The molecule has 4 amide bonds. The van der Waals surface area contributed by atoms with Crippen LogP contribution in [0.25, 0.3) is 0 Å². The molecule has 2 N–H and O–H groups in total. The standard InChI is InChI=1S/C19H25N5O5/c1-29-12-16(25)23-8-9-24(19(28)13-4-2-6-20-10-13)15(11-23)18(27)22-14-5-3-7-21-17(14)26/h2,4,6,10,14-15H,3,5,7-9,11-12H2,1H3,(H,21,26)(H,22,27)/t14-,15-/m1/s1. The number of carbonyl (C=O) groups excluding carboxylic acids is 4. The Bertz CT molecular complexity index is 772. The number of aromatic nitrogens is 1. The highest BCUT2D eigenvalue weighted by Crippen LogP contribution is 2.16. The topological polar surface area (TPSA) is 121 Å². The van der Waals surface area contributed by atoms with Crippen molar-refractivity contribution >= 4 is 23.6 Å². The number of amides is 4. The van der Waals surface area contributed by atoms with Crippen LogP contribution in [0, 0.1) is 0 Å². The summed E-state index contributed by atoms with van der Waals surface area (Å²) in [6.07, 6.45) is 4.30. The van der Waals surface area contributed by atoms with Crippen LogP contribution in [0.15, 0.2) is 24.5 Å². The molecule has 10 nitrogen and oxygen atoms in total. The number of piperidine rings is 1. The molecule has 0 radical (unpaired) electrons. The highest BCUT2D eigenvalue weighted by molar-refractivity contribution is 5.99. The van der Waals surface area contributed by atoms with Crippen LogP contribution in [0.1, 0.15) is 23.2 Å². The SMILES string of the molecule is COCC(=O)N1CCN(C(=O)c2cccnc2)[C@@H](C(=O)N[C@@H]2CCCNC2=O)C1. The Labute approximate surface area is 168 Å². The molecule has 2 saturated heterocycles. The second-order valence-electron chi connectivity index (χ2n) is 7.02. The number of rotatable bonds is 5. The van der Waals surface area contributed by atoms with Gasteiger partial charge < -0.3 is 25.2 Å². The summed E-state index contributed by atoms with van der Waals surface area (Å²) in [7, 11) is 1.42. The number of methoxy groups -OCH3 is 1. The van der Waals surface area contributed by atoms with Gasteiger partial charge in [0.1, 0.15) is 18.7 Å². The number of piperazine rings is 1. The van der Waals surface area contributed by atoms with E-state index in [4.69, 9.17) is 4.74 Å². The van der Waals surface area contributed by atoms with E-state index in [1.54, 1.807) is 18.3 Å². The van der Waals surface area contributed by atoms with Crippen LogP contribution >= 0.6 is 0 Å². The summed E-state index contributed by atoms with van der Waals surface area (Å²) in [6.45, 7) is 1.00. The largest absolute Gasteiger partial charge is 0.375 e. The predicted molar refractivity (Wildman–Crippen MR) is 102 cm³/mol. The summed E-state index contributed by atoms with van der Waals surface area (Å²) >= 11 is 0.